The van der Waals surface area contributed by atoms with Gasteiger partial charge in [0.2, 0.25) is 11.8 Å². The van der Waals surface area contributed by atoms with Crippen LogP contribution in [-0.4, -0.2) is 49.4 Å². The first-order valence-corrected chi connectivity index (χ1v) is 11.1. The normalized spacial score (nSPS) is 18.6. The van der Waals surface area contributed by atoms with Crippen LogP contribution in [0, 0.1) is 0 Å². The summed E-state index contributed by atoms with van der Waals surface area (Å²) in [5, 5.41) is 2.06. The zero-order valence-electron chi connectivity index (χ0n) is 16.9. The molecule has 4 rings (SSSR count). The van der Waals surface area contributed by atoms with E-state index >= 15 is 0 Å². The van der Waals surface area contributed by atoms with Gasteiger partial charge < -0.3 is 4.74 Å². The predicted molar refractivity (Wildman–Crippen MR) is 107 cm³/mol. The SMILES string of the molecule is O=C1CCC(N2C(=O)c3ccc(NS(=O)(=O)c4cccc(OC(F)(F)F)c4)cc3C2=O)C(=O)N1. The van der Waals surface area contributed by atoms with E-state index in [9.17, 15) is 40.8 Å². The molecule has 0 aromatic heterocycles. The molecule has 0 bridgehead atoms. The molecular weight excluding hydrogens is 483 g/mol. The van der Waals surface area contributed by atoms with Gasteiger partial charge in [-0.05, 0) is 36.8 Å². The third-order valence-electron chi connectivity index (χ3n) is 5.04. The average Bonchev–Trinajstić information content (AvgIpc) is 2.97. The van der Waals surface area contributed by atoms with Gasteiger partial charge in [-0.1, -0.05) is 6.07 Å². The lowest BCUT2D eigenvalue weighted by Crippen LogP contribution is -2.54. The van der Waals surface area contributed by atoms with Crippen LogP contribution >= 0.6 is 0 Å². The number of carbonyl (C=O) groups is 4. The van der Waals surface area contributed by atoms with Gasteiger partial charge >= 0.3 is 6.36 Å². The van der Waals surface area contributed by atoms with Gasteiger partial charge in [-0.15, -0.1) is 13.2 Å². The molecule has 10 nitrogen and oxygen atoms in total. The van der Waals surface area contributed by atoms with E-state index in [1.54, 1.807) is 0 Å². The van der Waals surface area contributed by atoms with Crippen LogP contribution in [0.1, 0.15) is 33.6 Å². The third-order valence-corrected chi connectivity index (χ3v) is 6.42. The number of hydrogen-bond acceptors (Lipinski definition) is 7. The first-order chi connectivity index (χ1) is 15.9. The Kier molecular flexibility index (Phi) is 5.55. The lowest BCUT2D eigenvalue weighted by atomic mass is 10.0. The Hall–Kier alpha value is -3.94. The van der Waals surface area contributed by atoms with Crippen LogP contribution in [-0.2, 0) is 19.6 Å². The van der Waals surface area contributed by atoms with E-state index in [-0.39, 0.29) is 29.7 Å². The maximum Gasteiger partial charge on any atom is 0.573 e. The molecule has 0 saturated carbocycles. The number of sulfonamides is 1. The number of imide groups is 2. The Labute approximate surface area is 189 Å². The van der Waals surface area contributed by atoms with Gasteiger partial charge in [-0.3, -0.25) is 34.1 Å². The fourth-order valence-corrected chi connectivity index (χ4v) is 4.67. The summed E-state index contributed by atoms with van der Waals surface area (Å²) in [6, 6.07) is 5.94. The smallest absolute Gasteiger partial charge is 0.406 e. The van der Waals surface area contributed by atoms with Gasteiger partial charge in [0, 0.05) is 18.2 Å². The molecule has 0 radical (unpaired) electrons. The number of fused-ring (bicyclic) bond motifs is 1. The van der Waals surface area contributed by atoms with E-state index in [1.807, 2.05) is 0 Å². The standard InChI is InChI=1S/C20H14F3N3O7S/c21-20(22,23)33-11-2-1-3-12(9-11)34(31,32)25-10-4-5-13-14(8-10)19(30)26(18(13)29)15-6-7-16(27)24-17(15)28/h1-5,8-9,15,25H,6-7H2,(H,24,27,28). The molecule has 1 fully saturated rings. The highest BCUT2D eigenvalue weighted by atomic mass is 32.2. The largest absolute Gasteiger partial charge is 0.573 e. The van der Waals surface area contributed by atoms with Crippen molar-refractivity contribution in [3.05, 3.63) is 53.6 Å². The summed E-state index contributed by atoms with van der Waals surface area (Å²) >= 11 is 0. The van der Waals surface area contributed by atoms with E-state index in [1.165, 1.54) is 12.1 Å². The van der Waals surface area contributed by atoms with Crippen LogP contribution in [0.2, 0.25) is 0 Å². The summed E-state index contributed by atoms with van der Waals surface area (Å²) in [6.07, 6.45) is -5.13. The van der Waals surface area contributed by atoms with E-state index < -0.39 is 56.7 Å². The van der Waals surface area contributed by atoms with E-state index in [0.29, 0.717) is 11.0 Å². The number of carbonyl (C=O) groups excluding carboxylic acids is 4. The molecule has 2 heterocycles. The average molecular weight is 497 g/mol. The van der Waals surface area contributed by atoms with Crippen LogP contribution in [0.4, 0.5) is 18.9 Å². The van der Waals surface area contributed by atoms with Gasteiger partial charge in [-0.25, -0.2) is 8.42 Å². The minimum absolute atomic E-state index is 0.0496. The molecule has 1 atom stereocenters. The van der Waals surface area contributed by atoms with Crippen molar-refractivity contribution < 1.29 is 45.5 Å². The highest BCUT2D eigenvalue weighted by Gasteiger charge is 2.44. The molecule has 4 amide bonds. The summed E-state index contributed by atoms with van der Waals surface area (Å²) in [5.41, 5.74) is -0.394. The molecule has 2 aliphatic heterocycles. The van der Waals surface area contributed by atoms with Gasteiger partial charge in [-0.2, -0.15) is 0 Å². The number of amides is 4. The van der Waals surface area contributed by atoms with Crippen LogP contribution < -0.4 is 14.8 Å². The Morgan fingerprint density at radius 1 is 1.00 bits per heavy atom. The minimum atomic E-state index is -5.02. The number of benzene rings is 2. The predicted octanol–water partition coefficient (Wildman–Crippen LogP) is 1.79. The topological polar surface area (TPSA) is 139 Å². The Morgan fingerprint density at radius 2 is 1.71 bits per heavy atom. The third kappa shape index (κ3) is 4.44. The number of nitrogens with zero attached hydrogens (tertiary/aromatic N) is 1. The lowest BCUT2D eigenvalue weighted by Gasteiger charge is -2.27. The quantitative estimate of drug-likeness (QED) is 0.601. The zero-order valence-corrected chi connectivity index (χ0v) is 17.7. The second-order valence-corrected chi connectivity index (χ2v) is 9.02. The molecule has 2 aromatic rings. The molecule has 2 N–H and O–H groups in total. The fourth-order valence-electron chi connectivity index (χ4n) is 3.59. The first-order valence-electron chi connectivity index (χ1n) is 9.60. The number of halogens is 3. The number of alkyl halides is 3. The monoisotopic (exact) mass is 497 g/mol. The van der Waals surface area contributed by atoms with Gasteiger partial charge in [0.25, 0.3) is 21.8 Å². The van der Waals surface area contributed by atoms with E-state index in [0.717, 1.165) is 24.3 Å². The molecule has 14 heteroatoms. The van der Waals surface area contributed by atoms with Gasteiger partial charge in [0.15, 0.2) is 0 Å². The van der Waals surface area contributed by atoms with Crippen LogP contribution in [0.25, 0.3) is 0 Å². The van der Waals surface area contributed by atoms with Crippen molar-refractivity contribution in [1.82, 2.24) is 10.2 Å². The highest BCUT2D eigenvalue weighted by Crippen LogP contribution is 2.31. The molecular formula is C20H14F3N3O7S. The second kappa shape index (κ2) is 8.13. The Balaban J connectivity index is 1.58. The number of nitrogens with one attached hydrogen (secondary N) is 2. The highest BCUT2D eigenvalue weighted by molar-refractivity contribution is 7.92. The van der Waals surface area contributed by atoms with Crippen LogP contribution in [0.3, 0.4) is 0 Å². The Bertz CT molecular complexity index is 1340. The maximum atomic E-state index is 12.8. The molecule has 178 valence electrons. The number of anilines is 1. The molecule has 0 spiro atoms. The first kappa shape index (κ1) is 23.2. The fraction of sp³-hybridized carbons (Fsp3) is 0.200. The summed E-state index contributed by atoms with van der Waals surface area (Å²) in [5.74, 6) is -3.70. The molecule has 1 saturated heterocycles. The van der Waals surface area contributed by atoms with Crippen molar-refractivity contribution in [1.29, 1.82) is 0 Å². The number of ether oxygens (including phenoxy) is 1. The van der Waals surface area contributed by atoms with Crippen molar-refractivity contribution in [2.24, 2.45) is 0 Å². The minimum Gasteiger partial charge on any atom is -0.406 e. The van der Waals surface area contributed by atoms with Crippen molar-refractivity contribution >= 4 is 39.3 Å². The summed E-state index contributed by atoms with van der Waals surface area (Å²) in [6.45, 7) is 0. The number of piperidine rings is 1. The molecule has 2 aliphatic rings. The van der Waals surface area contributed by atoms with Crippen LogP contribution in [0.5, 0.6) is 5.75 Å². The Morgan fingerprint density at radius 3 is 2.38 bits per heavy atom. The van der Waals surface area contributed by atoms with Gasteiger partial charge in [0.1, 0.15) is 11.8 Å². The number of hydrogen-bond donors (Lipinski definition) is 2. The van der Waals surface area contributed by atoms with Crippen molar-refractivity contribution in [2.75, 3.05) is 4.72 Å². The maximum absolute atomic E-state index is 12.8. The summed E-state index contributed by atoms with van der Waals surface area (Å²) in [7, 11) is -4.40. The summed E-state index contributed by atoms with van der Waals surface area (Å²) in [4.78, 5) is 49.2. The molecule has 1 unspecified atom stereocenters. The lowest BCUT2D eigenvalue weighted by molar-refractivity contribution is -0.274. The molecule has 34 heavy (non-hydrogen) atoms. The number of rotatable bonds is 5. The van der Waals surface area contributed by atoms with Crippen molar-refractivity contribution in [3.63, 3.8) is 0 Å². The molecule has 0 aliphatic carbocycles. The zero-order chi connectivity index (χ0) is 24.8. The van der Waals surface area contributed by atoms with Crippen molar-refractivity contribution in [2.45, 2.75) is 30.1 Å². The van der Waals surface area contributed by atoms with Crippen molar-refractivity contribution in [3.8, 4) is 5.75 Å². The van der Waals surface area contributed by atoms with E-state index in [4.69, 9.17) is 0 Å². The van der Waals surface area contributed by atoms with Crippen LogP contribution in [0.15, 0.2) is 47.4 Å². The summed E-state index contributed by atoms with van der Waals surface area (Å²) < 4.78 is 68.5. The van der Waals surface area contributed by atoms with Gasteiger partial charge in [0.05, 0.1) is 16.0 Å². The van der Waals surface area contributed by atoms with E-state index in [2.05, 4.69) is 14.8 Å². The molecule has 2 aromatic carbocycles. The second-order valence-electron chi connectivity index (χ2n) is 7.34.